The fourth-order valence-electron chi connectivity index (χ4n) is 3.29. The Kier molecular flexibility index (Phi) is 5.46. The molecule has 1 aromatic heterocycles. The summed E-state index contributed by atoms with van der Waals surface area (Å²) in [5, 5.41) is 19.2. The van der Waals surface area contributed by atoms with E-state index in [9.17, 15) is 5.26 Å². The molecule has 0 aliphatic carbocycles. The largest absolute Gasteiger partial charge is 0.270 e. The second-order valence-corrected chi connectivity index (χ2v) is 7.74. The van der Waals surface area contributed by atoms with Crippen molar-refractivity contribution in [3.05, 3.63) is 95.1 Å². The van der Waals surface area contributed by atoms with Crippen molar-refractivity contribution in [2.75, 3.05) is 0 Å². The van der Waals surface area contributed by atoms with Crippen molar-refractivity contribution in [1.82, 2.24) is 14.8 Å². The Morgan fingerprint density at radius 1 is 0.862 bits per heavy atom. The Morgan fingerprint density at radius 2 is 1.55 bits per heavy atom. The minimum absolute atomic E-state index is 0.654. The van der Waals surface area contributed by atoms with Crippen LogP contribution in [-0.2, 0) is 5.75 Å². The molecule has 1 heterocycles. The van der Waals surface area contributed by atoms with Gasteiger partial charge in [0.2, 0.25) is 0 Å². The van der Waals surface area contributed by atoms with Crippen LogP contribution in [0, 0.1) is 25.2 Å². The number of aryl methyl sites for hydroxylation is 2. The molecule has 0 bridgehead atoms. The predicted molar refractivity (Wildman–Crippen MR) is 117 cm³/mol. The zero-order valence-electron chi connectivity index (χ0n) is 16.3. The quantitative estimate of drug-likeness (QED) is 0.405. The first-order chi connectivity index (χ1) is 14.2. The molecular weight excluding hydrogens is 376 g/mol. The number of nitriles is 1. The van der Waals surface area contributed by atoms with Crippen LogP contribution in [0.25, 0.3) is 17.1 Å². The van der Waals surface area contributed by atoms with Gasteiger partial charge < -0.3 is 0 Å². The average molecular weight is 397 g/mol. The monoisotopic (exact) mass is 396 g/mol. The van der Waals surface area contributed by atoms with Crippen LogP contribution in [0.5, 0.6) is 0 Å². The van der Waals surface area contributed by atoms with E-state index in [0.29, 0.717) is 11.3 Å². The molecule has 0 amide bonds. The van der Waals surface area contributed by atoms with Gasteiger partial charge in [-0.2, -0.15) is 5.26 Å². The maximum atomic E-state index is 9.38. The minimum atomic E-state index is 0.654. The molecule has 0 radical (unpaired) electrons. The number of para-hydroxylation sites is 1. The van der Waals surface area contributed by atoms with Crippen LogP contribution in [0.2, 0.25) is 0 Å². The highest BCUT2D eigenvalue weighted by atomic mass is 32.2. The average Bonchev–Trinajstić information content (AvgIpc) is 3.16. The lowest BCUT2D eigenvalue weighted by Crippen LogP contribution is -2.02. The third-order valence-corrected chi connectivity index (χ3v) is 5.85. The fourth-order valence-corrected chi connectivity index (χ4v) is 4.24. The molecule has 0 atom stereocenters. The predicted octanol–water partition coefficient (Wildman–Crippen LogP) is 5.72. The highest BCUT2D eigenvalue weighted by Crippen LogP contribution is 2.32. The Bertz CT molecular complexity index is 1200. The lowest BCUT2D eigenvalue weighted by atomic mass is 10.1. The number of thioether (sulfide) groups is 1. The van der Waals surface area contributed by atoms with Crippen molar-refractivity contribution < 1.29 is 0 Å². The number of rotatable bonds is 5. The van der Waals surface area contributed by atoms with Crippen LogP contribution in [0.15, 0.2) is 78.0 Å². The van der Waals surface area contributed by atoms with E-state index in [2.05, 4.69) is 58.9 Å². The van der Waals surface area contributed by atoms with Crippen LogP contribution in [0.1, 0.15) is 22.3 Å². The summed E-state index contributed by atoms with van der Waals surface area (Å²) in [6.45, 7) is 4.18. The summed E-state index contributed by atoms with van der Waals surface area (Å²) >= 11 is 1.59. The van der Waals surface area contributed by atoms with Crippen LogP contribution >= 0.6 is 11.8 Å². The lowest BCUT2D eigenvalue weighted by Gasteiger charge is -2.14. The molecule has 0 aliphatic rings. The molecule has 5 heteroatoms. The topological polar surface area (TPSA) is 54.5 Å². The van der Waals surface area contributed by atoms with Crippen LogP contribution in [0.4, 0.5) is 0 Å². The lowest BCUT2D eigenvalue weighted by molar-refractivity contribution is 0.880. The third-order valence-electron chi connectivity index (χ3n) is 4.87. The van der Waals surface area contributed by atoms with Gasteiger partial charge in [0.05, 0.1) is 17.3 Å². The summed E-state index contributed by atoms with van der Waals surface area (Å²) in [5.41, 5.74) is 6.12. The summed E-state index contributed by atoms with van der Waals surface area (Å²) < 4.78 is 2.12. The van der Waals surface area contributed by atoms with E-state index in [1.165, 1.54) is 0 Å². The van der Waals surface area contributed by atoms with Crippen molar-refractivity contribution in [2.45, 2.75) is 24.8 Å². The van der Waals surface area contributed by atoms with Crippen LogP contribution in [-0.4, -0.2) is 14.8 Å². The van der Waals surface area contributed by atoms with Crippen LogP contribution < -0.4 is 0 Å². The maximum Gasteiger partial charge on any atom is 0.196 e. The summed E-state index contributed by atoms with van der Waals surface area (Å²) in [6, 6.07) is 26.4. The van der Waals surface area contributed by atoms with Gasteiger partial charge in [-0.05, 0) is 42.7 Å². The van der Waals surface area contributed by atoms with Gasteiger partial charge in [-0.1, -0.05) is 72.4 Å². The van der Waals surface area contributed by atoms with E-state index in [-0.39, 0.29) is 0 Å². The highest BCUT2D eigenvalue weighted by Gasteiger charge is 2.19. The molecule has 0 N–H and O–H groups in total. The van der Waals surface area contributed by atoms with E-state index in [1.54, 1.807) is 11.8 Å². The first-order valence-electron chi connectivity index (χ1n) is 9.37. The standard InChI is InChI=1S/C24H20N4S/c1-17-9-3-7-13-21(17)23-26-27-24(28(23)22-14-8-4-10-18(22)2)29-16-20-12-6-5-11-19(20)15-25/h3-14H,16H2,1-2H3. The fraction of sp³-hybridized carbons (Fsp3) is 0.125. The van der Waals surface area contributed by atoms with Crippen molar-refractivity contribution in [1.29, 1.82) is 5.26 Å². The molecule has 0 saturated carbocycles. The molecule has 3 aromatic carbocycles. The molecule has 142 valence electrons. The Labute approximate surface area is 174 Å². The Morgan fingerprint density at radius 3 is 2.31 bits per heavy atom. The summed E-state index contributed by atoms with van der Waals surface area (Å²) in [5.74, 6) is 1.48. The molecule has 0 unspecified atom stereocenters. The van der Waals surface area contributed by atoms with Crippen molar-refractivity contribution in [3.8, 4) is 23.1 Å². The van der Waals surface area contributed by atoms with Gasteiger partial charge >= 0.3 is 0 Å². The Hall–Kier alpha value is -3.36. The molecule has 4 rings (SSSR count). The molecular formula is C24H20N4S. The second-order valence-electron chi connectivity index (χ2n) is 6.80. The van der Waals surface area contributed by atoms with Gasteiger partial charge in [0.15, 0.2) is 11.0 Å². The highest BCUT2D eigenvalue weighted by molar-refractivity contribution is 7.98. The van der Waals surface area contributed by atoms with Gasteiger partial charge in [-0.25, -0.2) is 0 Å². The first kappa shape index (κ1) is 19.0. The summed E-state index contributed by atoms with van der Waals surface area (Å²) in [6.07, 6.45) is 0. The van der Waals surface area contributed by atoms with E-state index in [0.717, 1.165) is 38.9 Å². The van der Waals surface area contributed by atoms with Crippen molar-refractivity contribution in [3.63, 3.8) is 0 Å². The normalized spacial score (nSPS) is 10.7. The van der Waals surface area contributed by atoms with Gasteiger partial charge in [0.1, 0.15) is 0 Å². The van der Waals surface area contributed by atoms with Gasteiger partial charge in [-0.3, -0.25) is 4.57 Å². The molecule has 0 fully saturated rings. The molecule has 29 heavy (non-hydrogen) atoms. The zero-order chi connectivity index (χ0) is 20.2. The number of aromatic nitrogens is 3. The van der Waals surface area contributed by atoms with E-state index >= 15 is 0 Å². The molecule has 4 nitrogen and oxygen atoms in total. The Balaban J connectivity index is 1.80. The third kappa shape index (κ3) is 3.80. The minimum Gasteiger partial charge on any atom is -0.270 e. The number of nitrogens with zero attached hydrogens (tertiary/aromatic N) is 4. The summed E-state index contributed by atoms with van der Waals surface area (Å²) in [7, 11) is 0. The maximum absolute atomic E-state index is 9.38. The van der Waals surface area contributed by atoms with Crippen LogP contribution in [0.3, 0.4) is 0 Å². The first-order valence-corrected chi connectivity index (χ1v) is 10.4. The number of hydrogen-bond acceptors (Lipinski definition) is 4. The smallest absolute Gasteiger partial charge is 0.196 e. The molecule has 0 aliphatic heterocycles. The van der Waals surface area contributed by atoms with E-state index < -0.39 is 0 Å². The van der Waals surface area contributed by atoms with Gasteiger partial charge in [0, 0.05) is 11.3 Å². The molecule has 0 saturated heterocycles. The van der Waals surface area contributed by atoms with Crippen molar-refractivity contribution >= 4 is 11.8 Å². The SMILES string of the molecule is Cc1ccccc1-c1nnc(SCc2ccccc2C#N)n1-c1ccccc1C. The van der Waals surface area contributed by atoms with Crippen molar-refractivity contribution in [2.24, 2.45) is 0 Å². The van der Waals surface area contributed by atoms with E-state index in [4.69, 9.17) is 0 Å². The second kappa shape index (κ2) is 8.34. The van der Waals surface area contributed by atoms with Gasteiger partial charge in [0.25, 0.3) is 0 Å². The molecule has 0 spiro atoms. The number of hydrogen-bond donors (Lipinski definition) is 0. The van der Waals surface area contributed by atoms with Gasteiger partial charge in [-0.15, -0.1) is 10.2 Å². The number of benzene rings is 3. The molecule has 4 aromatic rings. The van der Waals surface area contributed by atoms with E-state index in [1.807, 2.05) is 48.5 Å². The zero-order valence-corrected chi connectivity index (χ0v) is 17.1. The summed E-state index contributed by atoms with van der Waals surface area (Å²) in [4.78, 5) is 0.